The number of benzene rings is 1. The van der Waals surface area contributed by atoms with Crippen LogP contribution >= 0.6 is 0 Å². The summed E-state index contributed by atoms with van der Waals surface area (Å²) in [5.41, 5.74) is 2.39. The lowest BCUT2D eigenvalue weighted by Crippen LogP contribution is -2.28. The van der Waals surface area contributed by atoms with E-state index in [2.05, 4.69) is 6.92 Å². The van der Waals surface area contributed by atoms with Crippen molar-refractivity contribution < 1.29 is 13.5 Å². The van der Waals surface area contributed by atoms with E-state index in [1.165, 1.54) is 38.5 Å². The van der Waals surface area contributed by atoms with Crippen molar-refractivity contribution in [1.29, 1.82) is 0 Å². The Labute approximate surface area is 155 Å². The molecule has 1 heterocycles. The minimum atomic E-state index is -0.790. The third kappa shape index (κ3) is 3.18. The number of hydrogen-bond acceptors (Lipinski definition) is 1. The van der Waals surface area contributed by atoms with Crippen molar-refractivity contribution in [2.75, 3.05) is 0 Å². The second-order valence-corrected chi connectivity index (χ2v) is 8.58. The summed E-state index contributed by atoms with van der Waals surface area (Å²) in [6, 6.07) is 0. The van der Waals surface area contributed by atoms with E-state index in [-0.39, 0.29) is 11.9 Å². The number of hydrogen-bond donors (Lipinski definition) is 0. The largest absolute Gasteiger partial charge is 0.483 e. The monoisotopic (exact) mass is 360 g/mol. The summed E-state index contributed by atoms with van der Waals surface area (Å²) in [6.07, 6.45) is 14.1. The predicted molar refractivity (Wildman–Crippen MR) is 101 cm³/mol. The van der Waals surface area contributed by atoms with Crippen LogP contribution in [0.5, 0.6) is 5.75 Å². The fraction of sp³-hybridized carbons (Fsp3) is 0.652. The molecule has 2 atom stereocenters. The van der Waals surface area contributed by atoms with Crippen LogP contribution in [0.2, 0.25) is 0 Å². The lowest BCUT2D eigenvalue weighted by Gasteiger charge is -2.37. The van der Waals surface area contributed by atoms with E-state index in [9.17, 15) is 8.78 Å². The molecule has 1 aromatic rings. The van der Waals surface area contributed by atoms with Gasteiger partial charge in [0.25, 0.3) is 0 Å². The number of halogens is 2. The van der Waals surface area contributed by atoms with Gasteiger partial charge in [-0.15, -0.1) is 0 Å². The predicted octanol–water partition coefficient (Wildman–Crippen LogP) is 6.47. The quantitative estimate of drug-likeness (QED) is 0.600. The van der Waals surface area contributed by atoms with Crippen LogP contribution in [0.1, 0.15) is 75.5 Å². The van der Waals surface area contributed by atoms with E-state index in [0.717, 1.165) is 29.9 Å². The molecule has 1 saturated carbocycles. The van der Waals surface area contributed by atoms with Gasteiger partial charge in [0.15, 0.2) is 11.6 Å². The molecule has 1 aromatic carbocycles. The highest BCUT2D eigenvalue weighted by molar-refractivity contribution is 5.66. The molecule has 0 aromatic heterocycles. The molecule has 1 aliphatic heterocycles. The molecule has 26 heavy (non-hydrogen) atoms. The highest BCUT2D eigenvalue weighted by Gasteiger charge is 2.35. The molecular formula is C23H30F2O. The molecule has 1 nitrogen and oxygen atoms in total. The summed E-state index contributed by atoms with van der Waals surface area (Å²) in [5, 5.41) is 0. The van der Waals surface area contributed by atoms with Crippen molar-refractivity contribution in [2.24, 2.45) is 17.8 Å². The van der Waals surface area contributed by atoms with Gasteiger partial charge in [-0.05, 0) is 74.0 Å². The molecule has 0 spiro atoms. The molecule has 2 aliphatic carbocycles. The van der Waals surface area contributed by atoms with Crippen molar-refractivity contribution in [3.8, 4) is 5.75 Å². The van der Waals surface area contributed by atoms with Crippen LogP contribution in [0, 0.1) is 29.4 Å². The van der Waals surface area contributed by atoms with Gasteiger partial charge in [0.2, 0.25) is 5.82 Å². The van der Waals surface area contributed by atoms with Gasteiger partial charge in [0.1, 0.15) is 6.10 Å². The Bertz CT molecular complexity index is 701. The molecule has 142 valence electrons. The van der Waals surface area contributed by atoms with E-state index in [1.54, 1.807) is 0 Å². The smallest absolute Gasteiger partial charge is 0.201 e. The first-order chi connectivity index (χ1) is 12.6. The van der Waals surface area contributed by atoms with Crippen molar-refractivity contribution in [3.05, 3.63) is 34.4 Å². The maximum Gasteiger partial charge on any atom is 0.201 e. The van der Waals surface area contributed by atoms with Gasteiger partial charge in [0.05, 0.1) is 0 Å². The second kappa shape index (κ2) is 7.32. The van der Waals surface area contributed by atoms with E-state index >= 15 is 0 Å². The maximum atomic E-state index is 14.8. The fourth-order valence-corrected chi connectivity index (χ4v) is 5.48. The normalized spacial score (nSPS) is 30.5. The third-order valence-electron chi connectivity index (χ3n) is 6.92. The molecule has 3 heteroatoms. The highest BCUT2D eigenvalue weighted by Crippen LogP contribution is 2.45. The van der Waals surface area contributed by atoms with Gasteiger partial charge in [-0.3, -0.25) is 0 Å². The van der Waals surface area contributed by atoms with Crippen LogP contribution < -0.4 is 4.74 Å². The van der Waals surface area contributed by atoms with Gasteiger partial charge in [0, 0.05) is 5.56 Å². The molecule has 3 aliphatic rings. The molecule has 1 fully saturated rings. The van der Waals surface area contributed by atoms with E-state index in [0.29, 0.717) is 23.8 Å². The Morgan fingerprint density at radius 2 is 1.77 bits per heavy atom. The zero-order valence-corrected chi connectivity index (χ0v) is 16.0. The van der Waals surface area contributed by atoms with E-state index in [1.807, 2.05) is 19.1 Å². The van der Waals surface area contributed by atoms with Gasteiger partial charge in [-0.1, -0.05) is 38.7 Å². The SMILES string of the molecule is CCCC1CCC(C2CCc3c4c(c(F)c(F)c3C2)OC(C)C=C4)CC1. The van der Waals surface area contributed by atoms with Crippen molar-refractivity contribution in [3.63, 3.8) is 0 Å². The average molecular weight is 360 g/mol. The fourth-order valence-electron chi connectivity index (χ4n) is 5.48. The Kier molecular flexibility index (Phi) is 5.07. The highest BCUT2D eigenvalue weighted by atomic mass is 19.2. The topological polar surface area (TPSA) is 9.23 Å². The summed E-state index contributed by atoms with van der Waals surface area (Å²) >= 11 is 0. The molecule has 0 amide bonds. The molecule has 0 saturated heterocycles. The summed E-state index contributed by atoms with van der Waals surface area (Å²) in [6.45, 7) is 4.11. The van der Waals surface area contributed by atoms with Crippen LogP contribution in [0.4, 0.5) is 8.78 Å². The minimum Gasteiger partial charge on any atom is -0.483 e. The van der Waals surface area contributed by atoms with Crippen LogP contribution in [-0.2, 0) is 12.8 Å². The molecule has 2 unspecified atom stereocenters. The van der Waals surface area contributed by atoms with E-state index < -0.39 is 11.6 Å². The Hall–Kier alpha value is -1.38. The molecule has 0 radical (unpaired) electrons. The Morgan fingerprint density at radius 3 is 2.50 bits per heavy atom. The minimum absolute atomic E-state index is 0.120. The van der Waals surface area contributed by atoms with Crippen molar-refractivity contribution in [1.82, 2.24) is 0 Å². The summed E-state index contributed by atoms with van der Waals surface area (Å²) in [7, 11) is 0. The van der Waals surface area contributed by atoms with Crippen LogP contribution in [0.3, 0.4) is 0 Å². The summed E-state index contributed by atoms with van der Waals surface area (Å²) < 4.78 is 35.0. The first-order valence-corrected chi connectivity index (χ1v) is 10.5. The molecule has 4 rings (SSSR count). The first kappa shape index (κ1) is 18.0. The second-order valence-electron chi connectivity index (χ2n) is 8.58. The number of fused-ring (bicyclic) bond motifs is 3. The van der Waals surface area contributed by atoms with Crippen LogP contribution in [0.15, 0.2) is 6.08 Å². The first-order valence-electron chi connectivity index (χ1n) is 10.5. The summed E-state index contributed by atoms with van der Waals surface area (Å²) in [4.78, 5) is 0. The molecule has 0 N–H and O–H groups in total. The molecular weight excluding hydrogens is 330 g/mol. The zero-order valence-electron chi connectivity index (χ0n) is 16.0. The zero-order chi connectivity index (χ0) is 18.3. The Morgan fingerprint density at radius 1 is 1.00 bits per heavy atom. The lowest BCUT2D eigenvalue weighted by atomic mass is 9.68. The third-order valence-corrected chi connectivity index (χ3v) is 6.92. The van der Waals surface area contributed by atoms with Gasteiger partial charge < -0.3 is 4.74 Å². The van der Waals surface area contributed by atoms with Gasteiger partial charge >= 0.3 is 0 Å². The van der Waals surface area contributed by atoms with Gasteiger partial charge in [-0.25, -0.2) is 4.39 Å². The standard InChI is InChI=1S/C23H30F2O/c1-3-4-15-6-8-16(9-7-15)17-10-12-18-19-11-5-14(2)26-23(19)22(25)21(24)20(18)13-17/h5,11,14-17H,3-4,6-10,12-13H2,1-2H3. The van der Waals surface area contributed by atoms with Crippen molar-refractivity contribution in [2.45, 2.75) is 77.7 Å². The van der Waals surface area contributed by atoms with Crippen molar-refractivity contribution >= 4 is 6.08 Å². The molecule has 0 bridgehead atoms. The van der Waals surface area contributed by atoms with E-state index in [4.69, 9.17) is 4.74 Å². The number of ether oxygens (including phenoxy) is 1. The maximum absolute atomic E-state index is 14.8. The van der Waals surface area contributed by atoms with Crippen LogP contribution in [0.25, 0.3) is 6.08 Å². The summed E-state index contributed by atoms with van der Waals surface area (Å²) in [5.74, 6) is 0.742. The lowest BCUT2D eigenvalue weighted by molar-refractivity contribution is 0.182. The number of rotatable bonds is 3. The van der Waals surface area contributed by atoms with Crippen LogP contribution in [-0.4, -0.2) is 6.10 Å². The average Bonchev–Trinajstić information content (AvgIpc) is 2.66. The Balaban J connectivity index is 1.55. The van der Waals surface area contributed by atoms with Gasteiger partial charge in [-0.2, -0.15) is 4.39 Å².